The number of carbonyl (C=O) groups is 2. The SMILES string of the molecule is COC(=O)C1CN(C(=O)c2cc3ccc(-c4nccc(Nc5ccc(-c6cn[nH]c6)cc5)n4)cc3[nH]2)C1. The van der Waals surface area contributed by atoms with Gasteiger partial charge in [-0.15, -0.1) is 0 Å². The number of amides is 1. The van der Waals surface area contributed by atoms with Gasteiger partial charge in [0.2, 0.25) is 0 Å². The zero-order chi connectivity index (χ0) is 25.4. The number of hydrogen-bond donors (Lipinski definition) is 3. The summed E-state index contributed by atoms with van der Waals surface area (Å²) in [4.78, 5) is 38.4. The van der Waals surface area contributed by atoms with Gasteiger partial charge in [-0.3, -0.25) is 14.7 Å². The van der Waals surface area contributed by atoms with Crippen LogP contribution in [-0.4, -0.2) is 62.1 Å². The average Bonchev–Trinajstić information content (AvgIpc) is 3.58. The largest absolute Gasteiger partial charge is 0.469 e. The normalized spacial score (nSPS) is 13.4. The van der Waals surface area contributed by atoms with E-state index in [0.29, 0.717) is 30.4 Å². The van der Waals surface area contributed by atoms with Gasteiger partial charge in [-0.05, 0) is 35.9 Å². The highest BCUT2D eigenvalue weighted by Crippen LogP contribution is 2.27. The molecule has 1 amide bonds. The number of methoxy groups -OCH3 is 1. The molecule has 4 heterocycles. The molecule has 1 fully saturated rings. The summed E-state index contributed by atoms with van der Waals surface area (Å²) in [5.41, 5.74) is 5.10. The number of anilines is 2. The smallest absolute Gasteiger partial charge is 0.312 e. The Balaban J connectivity index is 1.18. The van der Waals surface area contributed by atoms with Crippen molar-refractivity contribution in [2.24, 2.45) is 5.92 Å². The highest BCUT2D eigenvalue weighted by atomic mass is 16.5. The molecule has 6 rings (SSSR count). The minimum atomic E-state index is -0.284. The molecule has 2 aromatic carbocycles. The number of carbonyl (C=O) groups excluding carboxylic acids is 2. The van der Waals surface area contributed by atoms with Gasteiger partial charge in [0.05, 0.1) is 19.2 Å². The molecule has 0 saturated carbocycles. The van der Waals surface area contributed by atoms with Crippen LogP contribution in [0, 0.1) is 5.92 Å². The fraction of sp³-hybridized carbons (Fsp3) is 0.148. The second-order valence-corrected chi connectivity index (χ2v) is 8.87. The van der Waals surface area contributed by atoms with E-state index in [9.17, 15) is 9.59 Å². The number of H-pyrrole nitrogens is 2. The molecular formula is C27H23N7O3. The van der Waals surface area contributed by atoms with Crippen molar-refractivity contribution in [2.75, 3.05) is 25.5 Å². The van der Waals surface area contributed by atoms with Gasteiger partial charge in [0.25, 0.3) is 5.91 Å². The fourth-order valence-corrected chi connectivity index (χ4v) is 4.38. The zero-order valence-electron chi connectivity index (χ0n) is 19.9. The van der Waals surface area contributed by atoms with Crippen molar-refractivity contribution in [2.45, 2.75) is 0 Å². The molecule has 37 heavy (non-hydrogen) atoms. The van der Waals surface area contributed by atoms with Gasteiger partial charge in [-0.1, -0.05) is 24.3 Å². The van der Waals surface area contributed by atoms with Crippen molar-refractivity contribution in [1.82, 2.24) is 30.0 Å². The van der Waals surface area contributed by atoms with Crippen molar-refractivity contribution in [3.8, 4) is 22.5 Å². The molecule has 1 aliphatic rings. The standard InChI is InChI=1S/C27H23N7O3/c1-37-27(36)20-14-34(15-20)26(35)23-10-17-2-3-18(11-22(17)32-23)25-28-9-8-24(33-25)31-21-6-4-16(5-7-21)19-12-29-30-13-19/h2-13,20,32H,14-15H2,1H3,(H,29,30)(H,28,31,33). The van der Waals surface area contributed by atoms with Gasteiger partial charge in [0.15, 0.2) is 5.82 Å². The van der Waals surface area contributed by atoms with Crippen LogP contribution < -0.4 is 5.32 Å². The molecule has 184 valence electrons. The second kappa shape index (κ2) is 9.23. The van der Waals surface area contributed by atoms with Crippen LogP contribution in [0.2, 0.25) is 0 Å². The molecule has 1 saturated heterocycles. The molecule has 3 N–H and O–H groups in total. The molecule has 0 bridgehead atoms. The first-order valence-electron chi connectivity index (χ1n) is 11.8. The molecule has 10 nitrogen and oxygen atoms in total. The van der Waals surface area contributed by atoms with Crippen LogP contribution in [0.4, 0.5) is 11.5 Å². The van der Waals surface area contributed by atoms with Gasteiger partial charge in [-0.25, -0.2) is 9.97 Å². The first-order valence-corrected chi connectivity index (χ1v) is 11.8. The molecular weight excluding hydrogens is 470 g/mol. The van der Waals surface area contributed by atoms with Crippen molar-refractivity contribution in [3.63, 3.8) is 0 Å². The quantitative estimate of drug-likeness (QED) is 0.305. The van der Waals surface area contributed by atoms with Gasteiger partial charge >= 0.3 is 5.97 Å². The number of hydrogen-bond acceptors (Lipinski definition) is 7. The van der Waals surface area contributed by atoms with E-state index < -0.39 is 0 Å². The van der Waals surface area contributed by atoms with Crippen molar-refractivity contribution >= 4 is 34.3 Å². The lowest BCUT2D eigenvalue weighted by molar-refractivity contribution is -0.149. The third-order valence-electron chi connectivity index (χ3n) is 6.46. The minimum Gasteiger partial charge on any atom is -0.469 e. The molecule has 0 unspecified atom stereocenters. The third-order valence-corrected chi connectivity index (χ3v) is 6.46. The maximum Gasteiger partial charge on any atom is 0.312 e. The molecule has 0 spiro atoms. The van der Waals surface area contributed by atoms with Crippen molar-refractivity contribution < 1.29 is 14.3 Å². The lowest BCUT2D eigenvalue weighted by atomic mass is 10.00. The Kier molecular flexibility index (Phi) is 5.61. The van der Waals surface area contributed by atoms with E-state index in [4.69, 9.17) is 4.74 Å². The number of likely N-dealkylation sites (tertiary alicyclic amines) is 1. The van der Waals surface area contributed by atoms with E-state index >= 15 is 0 Å². The molecule has 0 radical (unpaired) electrons. The Morgan fingerprint density at radius 1 is 1.03 bits per heavy atom. The number of ether oxygens (including phenoxy) is 1. The van der Waals surface area contributed by atoms with E-state index in [0.717, 1.165) is 33.3 Å². The number of aromatic amines is 2. The fourth-order valence-electron chi connectivity index (χ4n) is 4.38. The predicted octanol–water partition coefficient (Wildman–Crippen LogP) is 4.00. The average molecular weight is 494 g/mol. The number of fused-ring (bicyclic) bond motifs is 1. The summed E-state index contributed by atoms with van der Waals surface area (Å²) in [5, 5.41) is 11.0. The van der Waals surface area contributed by atoms with E-state index in [1.807, 2.05) is 60.8 Å². The number of benzene rings is 2. The number of nitrogens with one attached hydrogen (secondary N) is 3. The van der Waals surface area contributed by atoms with Gasteiger partial charge < -0.3 is 19.9 Å². The Bertz CT molecular complexity index is 1590. The number of aromatic nitrogens is 5. The van der Waals surface area contributed by atoms with E-state index in [2.05, 4.69) is 30.5 Å². The van der Waals surface area contributed by atoms with E-state index in [-0.39, 0.29) is 17.8 Å². The van der Waals surface area contributed by atoms with Crippen molar-refractivity contribution in [3.05, 3.63) is 78.9 Å². The van der Waals surface area contributed by atoms with Gasteiger partial charge in [0.1, 0.15) is 11.5 Å². The molecule has 0 atom stereocenters. The molecule has 10 heteroatoms. The summed E-state index contributed by atoms with van der Waals surface area (Å²) >= 11 is 0. The van der Waals surface area contributed by atoms with Crippen LogP contribution in [0.5, 0.6) is 0 Å². The van der Waals surface area contributed by atoms with Crippen LogP contribution in [0.1, 0.15) is 10.5 Å². The van der Waals surface area contributed by atoms with E-state index in [1.54, 1.807) is 17.3 Å². The number of esters is 1. The third kappa shape index (κ3) is 4.40. The summed E-state index contributed by atoms with van der Waals surface area (Å²) in [6.45, 7) is 0.734. The Morgan fingerprint density at radius 3 is 2.59 bits per heavy atom. The number of nitrogens with zero attached hydrogens (tertiary/aromatic N) is 4. The molecule has 1 aliphatic heterocycles. The lowest BCUT2D eigenvalue weighted by Crippen LogP contribution is -2.53. The van der Waals surface area contributed by atoms with Crippen LogP contribution in [-0.2, 0) is 9.53 Å². The minimum absolute atomic E-state index is 0.140. The number of rotatable bonds is 6. The first kappa shape index (κ1) is 22.5. The summed E-state index contributed by atoms with van der Waals surface area (Å²) < 4.78 is 4.75. The maximum absolute atomic E-state index is 12.8. The Hall–Kier alpha value is -4.99. The van der Waals surface area contributed by atoms with Crippen LogP contribution in [0.3, 0.4) is 0 Å². The van der Waals surface area contributed by atoms with Crippen LogP contribution in [0.25, 0.3) is 33.4 Å². The van der Waals surface area contributed by atoms with Gasteiger partial charge in [0, 0.05) is 53.2 Å². The second-order valence-electron chi connectivity index (χ2n) is 8.87. The van der Waals surface area contributed by atoms with Gasteiger partial charge in [-0.2, -0.15) is 5.10 Å². The molecule has 0 aliphatic carbocycles. The maximum atomic E-state index is 12.8. The molecule has 3 aromatic heterocycles. The zero-order valence-corrected chi connectivity index (χ0v) is 19.9. The highest BCUT2D eigenvalue weighted by Gasteiger charge is 2.37. The Labute approximate surface area is 211 Å². The summed E-state index contributed by atoms with van der Waals surface area (Å²) in [6.07, 6.45) is 5.34. The van der Waals surface area contributed by atoms with Crippen LogP contribution in [0.15, 0.2) is 73.2 Å². The van der Waals surface area contributed by atoms with Crippen molar-refractivity contribution in [1.29, 1.82) is 0 Å². The summed E-state index contributed by atoms with van der Waals surface area (Å²) in [5.74, 6) is 0.555. The van der Waals surface area contributed by atoms with E-state index in [1.165, 1.54) is 7.11 Å². The first-order chi connectivity index (χ1) is 18.1. The predicted molar refractivity (Wildman–Crippen MR) is 138 cm³/mol. The summed E-state index contributed by atoms with van der Waals surface area (Å²) in [6, 6.07) is 17.4. The lowest BCUT2D eigenvalue weighted by Gasteiger charge is -2.36. The monoisotopic (exact) mass is 493 g/mol. The Morgan fingerprint density at radius 2 is 1.84 bits per heavy atom. The molecule has 5 aromatic rings. The highest BCUT2D eigenvalue weighted by molar-refractivity contribution is 5.99. The summed E-state index contributed by atoms with van der Waals surface area (Å²) in [7, 11) is 1.36. The van der Waals surface area contributed by atoms with Crippen LogP contribution >= 0.6 is 0 Å². The topological polar surface area (TPSA) is 129 Å².